The number of aromatic amines is 1. The molecule has 2 aromatic heterocycles. The number of aromatic nitrogens is 1. The standard InChI is InChI=1S/C25H13ClN2O3/c26-16-8-5-15(6-9-16)18-12-22(28-24(29)21(18)13-27)20-11-19-17-4-2-1-3-14(17)7-10-23(19)31-25(20)30/h1-12H,(H,28,29). The smallest absolute Gasteiger partial charge is 0.345 e. The molecule has 0 bridgehead atoms. The number of nitriles is 1. The Morgan fingerprint density at radius 2 is 1.65 bits per heavy atom. The van der Waals surface area contributed by atoms with Gasteiger partial charge in [-0.3, -0.25) is 4.79 Å². The maximum Gasteiger partial charge on any atom is 0.345 e. The maximum absolute atomic E-state index is 12.8. The SMILES string of the molecule is N#Cc1c(-c2ccc(Cl)cc2)cc(-c2cc3c(ccc4ccccc43)oc2=O)[nH]c1=O. The molecule has 0 fully saturated rings. The van der Waals surface area contributed by atoms with E-state index in [0.717, 1.165) is 16.2 Å². The first kappa shape index (κ1) is 18.9. The van der Waals surface area contributed by atoms with E-state index in [9.17, 15) is 14.9 Å². The predicted octanol–water partition coefficient (Wildman–Crippen LogP) is 5.49. The Bertz CT molecular complexity index is 1640. The molecule has 3 aromatic carbocycles. The van der Waals surface area contributed by atoms with Gasteiger partial charge in [-0.1, -0.05) is 54.1 Å². The van der Waals surface area contributed by atoms with Crippen LogP contribution in [0.2, 0.25) is 5.02 Å². The van der Waals surface area contributed by atoms with Crippen molar-refractivity contribution in [3.63, 3.8) is 0 Å². The van der Waals surface area contributed by atoms with Gasteiger partial charge in [-0.25, -0.2) is 4.79 Å². The third kappa shape index (κ3) is 3.20. The summed E-state index contributed by atoms with van der Waals surface area (Å²) in [6.45, 7) is 0. The van der Waals surface area contributed by atoms with Crippen LogP contribution in [0.3, 0.4) is 0 Å². The molecule has 0 unspecified atom stereocenters. The Morgan fingerprint density at radius 1 is 0.871 bits per heavy atom. The first-order valence-electron chi connectivity index (χ1n) is 9.44. The van der Waals surface area contributed by atoms with Crippen molar-refractivity contribution in [1.82, 2.24) is 4.98 Å². The number of H-pyrrole nitrogens is 1. The normalized spacial score (nSPS) is 11.0. The van der Waals surface area contributed by atoms with Crippen molar-refractivity contribution in [3.05, 3.63) is 104 Å². The lowest BCUT2D eigenvalue weighted by Gasteiger charge is -2.09. The number of halogens is 1. The number of benzene rings is 3. The average Bonchev–Trinajstić information content (AvgIpc) is 2.78. The second-order valence-electron chi connectivity index (χ2n) is 7.07. The van der Waals surface area contributed by atoms with Crippen molar-refractivity contribution < 1.29 is 4.42 Å². The average molecular weight is 425 g/mol. The molecule has 0 saturated carbocycles. The van der Waals surface area contributed by atoms with Crippen molar-refractivity contribution in [2.45, 2.75) is 0 Å². The highest BCUT2D eigenvalue weighted by Crippen LogP contribution is 2.30. The molecule has 0 aliphatic heterocycles. The molecule has 0 amide bonds. The zero-order chi connectivity index (χ0) is 21.5. The number of rotatable bonds is 2. The van der Waals surface area contributed by atoms with E-state index < -0.39 is 11.2 Å². The van der Waals surface area contributed by atoms with E-state index in [4.69, 9.17) is 16.0 Å². The Hall–Kier alpha value is -4.14. The summed E-state index contributed by atoms with van der Waals surface area (Å²) in [5, 5.41) is 12.7. The molecule has 0 aliphatic rings. The van der Waals surface area contributed by atoms with Crippen LogP contribution < -0.4 is 11.2 Å². The highest BCUT2D eigenvalue weighted by molar-refractivity contribution is 6.30. The van der Waals surface area contributed by atoms with E-state index in [1.165, 1.54) is 0 Å². The number of nitrogens with zero attached hydrogens (tertiary/aromatic N) is 1. The van der Waals surface area contributed by atoms with Gasteiger partial charge in [0.05, 0.1) is 11.3 Å². The van der Waals surface area contributed by atoms with Crippen molar-refractivity contribution in [3.8, 4) is 28.5 Å². The highest BCUT2D eigenvalue weighted by Gasteiger charge is 2.16. The van der Waals surface area contributed by atoms with Crippen LogP contribution >= 0.6 is 11.6 Å². The quantitative estimate of drug-likeness (QED) is 0.299. The van der Waals surface area contributed by atoms with Gasteiger partial charge in [0, 0.05) is 16.0 Å². The lowest BCUT2D eigenvalue weighted by molar-refractivity contribution is 0.563. The molecule has 6 heteroatoms. The van der Waals surface area contributed by atoms with Gasteiger partial charge < -0.3 is 9.40 Å². The molecule has 0 radical (unpaired) electrons. The minimum atomic E-state index is -0.581. The summed E-state index contributed by atoms with van der Waals surface area (Å²) in [5.41, 5.74) is 0.799. The Morgan fingerprint density at radius 3 is 2.42 bits per heavy atom. The third-order valence-corrected chi connectivity index (χ3v) is 5.48. The molecular formula is C25H13ClN2O3. The Labute approximate surface area is 180 Å². The van der Waals surface area contributed by atoms with Crippen LogP contribution in [-0.2, 0) is 0 Å². The molecule has 5 rings (SSSR count). The lowest BCUT2D eigenvalue weighted by atomic mass is 9.98. The Balaban J connectivity index is 1.80. The minimum absolute atomic E-state index is 0.0401. The third-order valence-electron chi connectivity index (χ3n) is 5.23. The van der Waals surface area contributed by atoms with Gasteiger partial charge in [0.2, 0.25) is 0 Å². The van der Waals surface area contributed by atoms with E-state index in [-0.39, 0.29) is 16.8 Å². The zero-order valence-electron chi connectivity index (χ0n) is 16.0. The monoisotopic (exact) mass is 424 g/mol. The molecule has 0 saturated heterocycles. The summed E-state index contributed by atoms with van der Waals surface area (Å²) in [6.07, 6.45) is 0. The zero-order valence-corrected chi connectivity index (χ0v) is 16.7. The molecule has 0 aliphatic carbocycles. The fourth-order valence-electron chi connectivity index (χ4n) is 3.73. The summed E-state index contributed by atoms with van der Waals surface area (Å²) in [7, 11) is 0. The van der Waals surface area contributed by atoms with Gasteiger partial charge in [0.15, 0.2) is 0 Å². The van der Waals surface area contributed by atoms with Crippen LogP contribution in [-0.4, -0.2) is 4.98 Å². The van der Waals surface area contributed by atoms with Gasteiger partial charge in [0.25, 0.3) is 5.56 Å². The van der Waals surface area contributed by atoms with Gasteiger partial charge in [-0.15, -0.1) is 0 Å². The fourth-order valence-corrected chi connectivity index (χ4v) is 3.86. The molecule has 1 N–H and O–H groups in total. The van der Waals surface area contributed by atoms with Crippen LogP contribution in [0.1, 0.15) is 5.56 Å². The van der Waals surface area contributed by atoms with E-state index in [1.807, 2.05) is 36.4 Å². The number of nitrogens with one attached hydrogen (secondary N) is 1. The first-order chi connectivity index (χ1) is 15.0. The summed E-state index contributed by atoms with van der Waals surface area (Å²) < 4.78 is 5.55. The number of hydrogen-bond donors (Lipinski definition) is 1. The van der Waals surface area contributed by atoms with E-state index in [0.29, 0.717) is 21.7 Å². The van der Waals surface area contributed by atoms with Crippen molar-refractivity contribution in [2.75, 3.05) is 0 Å². The van der Waals surface area contributed by atoms with E-state index in [2.05, 4.69) is 4.98 Å². The summed E-state index contributed by atoms with van der Waals surface area (Å²) in [6, 6.07) is 23.5. The largest absolute Gasteiger partial charge is 0.422 e. The van der Waals surface area contributed by atoms with Crippen LogP contribution in [0.5, 0.6) is 0 Å². The maximum atomic E-state index is 12.8. The van der Waals surface area contributed by atoms with Crippen LogP contribution in [0.15, 0.2) is 86.8 Å². The highest BCUT2D eigenvalue weighted by atomic mass is 35.5. The van der Waals surface area contributed by atoms with Crippen LogP contribution in [0.4, 0.5) is 0 Å². The topological polar surface area (TPSA) is 86.9 Å². The number of fused-ring (bicyclic) bond motifs is 3. The number of pyridine rings is 1. The van der Waals surface area contributed by atoms with Crippen molar-refractivity contribution in [1.29, 1.82) is 5.26 Å². The number of hydrogen-bond acceptors (Lipinski definition) is 4. The fraction of sp³-hybridized carbons (Fsp3) is 0. The van der Waals surface area contributed by atoms with Gasteiger partial charge >= 0.3 is 5.63 Å². The van der Waals surface area contributed by atoms with Crippen LogP contribution in [0.25, 0.3) is 44.1 Å². The van der Waals surface area contributed by atoms with Crippen molar-refractivity contribution >= 4 is 33.3 Å². The van der Waals surface area contributed by atoms with Gasteiger partial charge in [0.1, 0.15) is 17.2 Å². The Kier molecular flexibility index (Phi) is 4.43. The molecule has 148 valence electrons. The first-order valence-corrected chi connectivity index (χ1v) is 9.82. The lowest BCUT2D eigenvalue weighted by Crippen LogP contribution is -2.15. The van der Waals surface area contributed by atoms with Crippen LogP contribution in [0, 0.1) is 11.3 Å². The summed E-state index contributed by atoms with van der Waals surface area (Å²) in [5.74, 6) is 0. The molecule has 5 aromatic rings. The van der Waals surface area contributed by atoms with E-state index >= 15 is 0 Å². The predicted molar refractivity (Wildman–Crippen MR) is 121 cm³/mol. The summed E-state index contributed by atoms with van der Waals surface area (Å²) >= 11 is 5.97. The van der Waals surface area contributed by atoms with Gasteiger partial charge in [-0.2, -0.15) is 5.26 Å². The second-order valence-corrected chi connectivity index (χ2v) is 7.50. The molecule has 0 atom stereocenters. The molecule has 0 spiro atoms. The second kappa shape index (κ2) is 7.28. The molecular weight excluding hydrogens is 412 g/mol. The van der Waals surface area contributed by atoms with Gasteiger partial charge in [-0.05, 0) is 46.7 Å². The molecule has 2 heterocycles. The minimum Gasteiger partial charge on any atom is -0.422 e. The molecule has 5 nitrogen and oxygen atoms in total. The van der Waals surface area contributed by atoms with E-state index in [1.54, 1.807) is 42.5 Å². The molecule has 31 heavy (non-hydrogen) atoms. The van der Waals surface area contributed by atoms with Crippen molar-refractivity contribution in [2.24, 2.45) is 0 Å². The summed E-state index contributed by atoms with van der Waals surface area (Å²) in [4.78, 5) is 28.1.